The molecular formula is C27H29F3N4O4. The number of carbonyl (C=O) groups excluding carboxylic acids is 1. The van der Waals surface area contributed by atoms with Gasteiger partial charge in [-0.25, -0.2) is 4.79 Å². The van der Waals surface area contributed by atoms with Crippen molar-refractivity contribution in [2.45, 2.75) is 43.9 Å². The van der Waals surface area contributed by atoms with E-state index in [0.717, 1.165) is 36.2 Å². The second-order valence-corrected chi connectivity index (χ2v) is 10.8. The van der Waals surface area contributed by atoms with E-state index < -0.39 is 22.9 Å². The van der Waals surface area contributed by atoms with Gasteiger partial charge in [-0.3, -0.25) is 19.2 Å². The fourth-order valence-corrected chi connectivity index (χ4v) is 6.28. The van der Waals surface area contributed by atoms with E-state index in [1.54, 1.807) is 19.1 Å². The summed E-state index contributed by atoms with van der Waals surface area (Å²) in [6.45, 7) is 1.94. The number of amides is 1. The second kappa shape index (κ2) is 8.67. The van der Waals surface area contributed by atoms with Crippen LogP contribution >= 0.6 is 0 Å². The Balaban J connectivity index is 1.25. The molecule has 1 unspecified atom stereocenters. The van der Waals surface area contributed by atoms with E-state index in [9.17, 15) is 22.8 Å². The Labute approximate surface area is 217 Å². The number of nitrogens with zero attached hydrogens (tertiary/aromatic N) is 4. The van der Waals surface area contributed by atoms with Gasteiger partial charge < -0.3 is 14.1 Å². The van der Waals surface area contributed by atoms with Crippen molar-refractivity contribution in [1.29, 1.82) is 0 Å². The minimum atomic E-state index is -4.48. The zero-order chi connectivity index (χ0) is 26.9. The summed E-state index contributed by atoms with van der Waals surface area (Å²) in [5.41, 5.74) is 1.59. The van der Waals surface area contributed by atoms with Crippen LogP contribution in [-0.4, -0.2) is 58.6 Å². The average Bonchev–Trinajstić information content (AvgIpc) is 3.51. The fourth-order valence-electron chi connectivity index (χ4n) is 6.28. The van der Waals surface area contributed by atoms with E-state index in [1.165, 1.54) is 4.57 Å². The molecule has 3 aliphatic rings. The van der Waals surface area contributed by atoms with Crippen molar-refractivity contribution in [2.75, 3.05) is 33.4 Å². The number of pyridine rings is 1. The van der Waals surface area contributed by atoms with Gasteiger partial charge in [0.05, 0.1) is 23.1 Å². The number of oxazole rings is 1. The normalized spacial score (nSPS) is 23.1. The number of methoxy groups -OCH3 is 1. The first-order valence-corrected chi connectivity index (χ1v) is 12.7. The lowest BCUT2D eigenvalue weighted by atomic mass is 9.85. The number of aryl methyl sites for hydroxylation is 1. The smallest absolute Gasteiger partial charge is 0.408 e. The Bertz CT molecular complexity index is 1480. The highest BCUT2D eigenvalue weighted by atomic mass is 19.4. The average molecular weight is 531 g/mol. The summed E-state index contributed by atoms with van der Waals surface area (Å²) in [7, 11) is 3.25. The molecule has 8 nitrogen and oxygen atoms in total. The zero-order valence-electron chi connectivity index (χ0n) is 21.3. The van der Waals surface area contributed by atoms with Crippen LogP contribution in [0, 0.1) is 5.41 Å². The summed E-state index contributed by atoms with van der Waals surface area (Å²) in [6, 6.07) is 6.93. The van der Waals surface area contributed by atoms with Crippen LogP contribution in [-0.2, 0) is 41.3 Å². The largest absolute Gasteiger partial charge is 0.419 e. The van der Waals surface area contributed by atoms with E-state index >= 15 is 0 Å². The van der Waals surface area contributed by atoms with Crippen LogP contribution in [0.2, 0.25) is 0 Å². The minimum Gasteiger partial charge on any atom is -0.408 e. The summed E-state index contributed by atoms with van der Waals surface area (Å²) < 4.78 is 52.1. The van der Waals surface area contributed by atoms with E-state index in [4.69, 9.17) is 9.15 Å². The van der Waals surface area contributed by atoms with Gasteiger partial charge in [0.1, 0.15) is 0 Å². The van der Waals surface area contributed by atoms with Gasteiger partial charge >= 0.3 is 11.9 Å². The molecule has 11 heteroatoms. The number of carbonyl (C=O) groups is 1. The first-order chi connectivity index (χ1) is 18.1. The van der Waals surface area contributed by atoms with Crippen molar-refractivity contribution in [3.05, 3.63) is 63.4 Å². The zero-order valence-corrected chi connectivity index (χ0v) is 21.3. The number of halogens is 3. The lowest BCUT2D eigenvalue weighted by Gasteiger charge is -2.37. The molecule has 2 aliphatic heterocycles. The topological polar surface area (TPSA) is 80.8 Å². The lowest BCUT2D eigenvalue weighted by Crippen LogP contribution is -2.50. The van der Waals surface area contributed by atoms with Crippen molar-refractivity contribution in [2.24, 2.45) is 12.5 Å². The summed E-state index contributed by atoms with van der Waals surface area (Å²) >= 11 is 0. The van der Waals surface area contributed by atoms with Crippen LogP contribution in [0.25, 0.3) is 11.1 Å². The van der Waals surface area contributed by atoms with Crippen molar-refractivity contribution in [3.63, 3.8) is 0 Å². The number of rotatable bonds is 5. The first kappa shape index (κ1) is 25.1. The molecule has 3 aromatic rings. The van der Waals surface area contributed by atoms with Gasteiger partial charge in [-0.1, -0.05) is 6.07 Å². The standard InChI is InChI=1S/C27H29F3N4O4/c1-32-21-12-18(3-4-22(21)38-24(32)36)26(6-7-26)34-10-8-25(15-34,16-37-2)23(35)33-9-5-20-17(14-33)11-19(13-31-20)27(28,29)30/h3-4,11-13H,5-10,14-16H2,1-2H3. The van der Waals surface area contributed by atoms with E-state index in [2.05, 4.69) is 9.88 Å². The van der Waals surface area contributed by atoms with E-state index in [1.807, 2.05) is 18.2 Å². The summed E-state index contributed by atoms with van der Waals surface area (Å²) in [5.74, 6) is -0.498. The number of ether oxygens (including phenoxy) is 1. The molecule has 1 aliphatic carbocycles. The molecule has 1 saturated carbocycles. The van der Waals surface area contributed by atoms with Crippen LogP contribution in [0.3, 0.4) is 0 Å². The van der Waals surface area contributed by atoms with Crippen molar-refractivity contribution >= 4 is 17.0 Å². The Morgan fingerprint density at radius 1 is 1.18 bits per heavy atom. The van der Waals surface area contributed by atoms with Crippen LogP contribution in [0.15, 0.2) is 39.7 Å². The number of aromatic nitrogens is 2. The molecule has 0 spiro atoms. The van der Waals surface area contributed by atoms with Gasteiger partial charge in [0.15, 0.2) is 5.58 Å². The number of fused-ring (bicyclic) bond motifs is 2. The number of likely N-dealkylation sites (tertiary alicyclic amines) is 1. The summed E-state index contributed by atoms with van der Waals surface area (Å²) in [4.78, 5) is 34.0. The maximum Gasteiger partial charge on any atom is 0.419 e. The van der Waals surface area contributed by atoms with Gasteiger partial charge in [0, 0.05) is 64.2 Å². The van der Waals surface area contributed by atoms with Crippen LogP contribution in [0.1, 0.15) is 41.6 Å². The third kappa shape index (κ3) is 3.94. The Hall–Kier alpha value is -3.18. The predicted octanol–water partition coefficient (Wildman–Crippen LogP) is 3.46. The second-order valence-electron chi connectivity index (χ2n) is 10.8. The molecule has 38 heavy (non-hydrogen) atoms. The molecule has 1 amide bonds. The molecular weight excluding hydrogens is 501 g/mol. The molecule has 6 rings (SSSR count). The van der Waals surface area contributed by atoms with Gasteiger partial charge in [-0.05, 0) is 48.6 Å². The van der Waals surface area contributed by atoms with E-state index in [0.29, 0.717) is 49.3 Å². The lowest BCUT2D eigenvalue weighted by molar-refractivity contribution is -0.146. The van der Waals surface area contributed by atoms with E-state index in [-0.39, 0.29) is 24.6 Å². The summed E-state index contributed by atoms with van der Waals surface area (Å²) in [6.07, 6.45) is -0.736. The van der Waals surface area contributed by atoms with Gasteiger partial charge in [0.25, 0.3) is 0 Å². The van der Waals surface area contributed by atoms with Gasteiger partial charge in [-0.15, -0.1) is 0 Å². The molecule has 0 N–H and O–H groups in total. The minimum absolute atomic E-state index is 0.0894. The first-order valence-electron chi connectivity index (χ1n) is 12.7. The third-order valence-corrected chi connectivity index (χ3v) is 8.54. The summed E-state index contributed by atoms with van der Waals surface area (Å²) in [5, 5.41) is 0. The highest BCUT2D eigenvalue weighted by Crippen LogP contribution is 2.55. The van der Waals surface area contributed by atoms with Crippen LogP contribution in [0.5, 0.6) is 0 Å². The Morgan fingerprint density at radius 3 is 2.68 bits per heavy atom. The molecule has 0 radical (unpaired) electrons. The van der Waals surface area contributed by atoms with Crippen LogP contribution in [0.4, 0.5) is 13.2 Å². The molecule has 2 fully saturated rings. The van der Waals surface area contributed by atoms with Crippen LogP contribution < -0.4 is 5.76 Å². The maximum atomic E-state index is 14.0. The Kier molecular flexibility index (Phi) is 5.73. The third-order valence-electron chi connectivity index (χ3n) is 8.54. The molecule has 1 aromatic carbocycles. The van der Waals surface area contributed by atoms with Crippen molar-refractivity contribution in [3.8, 4) is 0 Å². The fraction of sp³-hybridized carbons (Fsp3) is 0.519. The highest BCUT2D eigenvalue weighted by molar-refractivity contribution is 5.84. The molecule has 202 valence electrons. The molecule has 1 atom stereocenters. The SMILES string of the molecule is COCC1(C(=O)N2CCc3ncc(C(F)(F)F)cc3C2)CCN(C2(c3ccc4oc(=O)n(C)c4c3)CC2)C1. The molecule has 4 heterocycles. The number of hydrogen-bond donors (Lipinski definition) is 0. The quantitative estimate of drug-likeness (QED) is 0.503. The molecule has 0 bridgehead atoms. The Morgan fingerprint density at radius 2 is 1.97 bits per heavy atom. The predicted molar refractivity (Wildman–Crippen MR) is 131 cm³/mol. The number of alkyl halides is 3. The molecule has 1 saturated heterocycles. The molecule has 2 aromatic heterocycles. The highest BCUT2D eigenvalue weighted by Gasteiger charge is 2.57. The van der Waals surface area contributed by atoms with Gasteiger partial charge in [-0.2, -0.15) is 13.2 Å². The maximum absolute atomic E-state index is 14.0. The number of hydrogen-bond acceptors (Lipinski definition) is 6. The number of benzene rings is 1. The van der Waals surface area contributed by atoms with Crippen molar-refractivity contribution in [1.82, 2.24) is 19.4 Å². The monoisotopic (exact) mass is 530 g/mol. The van der Waals surface area contributed by atoms with Gasteiger partial charge in [0.2, 0.25) is 5.91 Å². The van der Waals surface area contributed by atoms with Crippen molar-refractivity contribution < 1.29 is 27.1 Å².